The van der Waals surface area contributed by atoms with E-state index in [4.69, 9.17) is 4.74 Å². The normalized spacial score (nSPS) is 11.3. The van der Waals surface area contributed by atoms with E-state index in [1.807, 2.05) is 0 Å². The molecule has 23 heavy (non-hydrogen) atoms. The third-order valence-electron chi connectivity index (χ3n) is 2.95. The second kappa shape index (κ2) is 7.54. The molecule has 1 aromatic heterocycles. The maximum Gasteiger partial charge on any atom is 0.417 e. The van der Waals surface area contributed by atoms with Crippen LogP contribution in [0, 0.1) is 0 Å². The summed E-state index contributed by atoms with van der Waals surface area (Å²) < 4.78 is 60.1. The number of nitrogens with zero attached hydrogens (tertiary/aromatic N) is 1. The lowest BCUT2D eigenvalue weighted by atomic mass is 10.0. The van der Waals surface area contributed by atoms with Crippen molar-refractivity contribution in [2.75, 3.05) is 24.3 Å². The van der Waals surface area contributed by atoms with Gasteiger partial charge in [-0.25, -0.2) is 4.39 Å². The molecule has 0 saturated carbocycles. The molecular formula is C15H14F4N2OS. The molecule has 0 aliphatic rings. The molecule has 0 saturated heterocycles. The van der Waals surface area contributed by atoms with E-state index in [-0.39, 0.29) is 23.5 Å². The number of aromatic nitrogens is 1. The summed E-state index contributed by atoms with van der Waals surface area (Å²) in [5, 5.41) is 0. The minimum atomic E-state index is -4.52. The summed E-state index contributed by atoms with van der Waals surface area (Å²) in [6.07, 6.45) is -0.509. The van der Waals surface area contributed by atoms with Crippen LogP contribution >= 0.6 is 11.9 Å². The van der Waals surface area contributed by atoms with Crippen molar-refractivity contribution >= 4 is 17.6 Å². The maximum atomic E-state index is 13.2. The molecule has 3 nitrogen and oxygen atoms in total. The highest BCUT2D eigenvalue weighted by Gasteiger charge is 2.34. The molecule has 0 aliphatic carbocycles. The van der Waals surface area contributed by atoms with Gasteiger partial charge in [0, 0.05) is 41.5 Å². The minimum Gasteiger partial charge on any atom is -0.490 e. The maximum absolute atomic E-state index is 13.2. The van der Waals surface area contributed by atoms with Crippen molar-refractivity contribution in [1.29, 1.82) is 0 Å². The van der Waals surface area contributed by atoms with Gasteiger partial charge in [0.25, 0.3) is 0 Å². The standard InChI is InChI=1S/C15H14F4N2OS/c1-23-21-10-2-3-11(14(8-10)22-7-5-16)12-9-20-6-4-13(12)15(17,18)19/h2-4,6,8-9,21H,5,7H2,1H3. The van der Waals surface area contributed by atoms with E-state index in [0.29, 0.717) is 5.69 Å². The summed E-state index contributed by atoms with van der Waals surface area (Å²) in [6, 6.07) is 5.57. The first-order valence-corrected chi connectivity index (χ1v) is 7.83. The van der Waals surface area contributed by atoms with Crippen molar-refractivity contribution in [3.8, 4) is 16.9 Å². The third kappa shape index (κ3) is 4.28. The molecule has 2 rings (SSSR count). The molecule has 0 unspecified atom stereocenters. The van der Waals surface area contributed by atoms with Gasteiger partial charge in [-0.15, -0.1) is 0 Å². The zero-order valence-electron chi connectivity index (χ0n) is 12.2. The summed E-state index contributed by atoms with van der Waals surface area (Å²) in [7, 11) is 0. The van der Waals surface area contributed by atoms with E-state index in [2.05, 4.69) is 9.71 Å². The minimum absolute atomic E-state index is 0.107. The number of alkyl halides is 4. The quantitative estimate of drug-likeness (QED) is 0.601. The van der Waals surface area contributed by atoms with Crippen LogP contribution in [0.1, 0.15) is 5.56 Å². The van der Waals surface area contributed by atoms with Crippen LogP contribution in [0.3, 0.4) is 0 Å². The largest absolute Gasteiger partial charge is 0.490 e. The van der Waals surface area contributed by atoms with Crippen molar-refractivity contribution in [1.82, 2.24) is 4.98 Å². The van der Waals surface area contributed by atoms with Gasteiger partial charge in [0.15, 0.2) is 0 Å². The number of pyridine rings is 1. The summed E-state index contributed by atoms with van der Waals surface area (Å²) in [4.78, 5) is 3.77. The van der Waals surface area contributed by atoms with Gasteiger partial charge >= 0.3 is 6.18 Å². The first kappa shape index (κ1) is 17.4. The summed E-state index contributed by atoms with van der Waals surface area (Å²) >= 11 is 1.32. The zero-order valence-corrected chi connectivity index (χ0v) is 13.0. The van der Waals surface area contributed by atoms with Crippen LogP contribution in [0.5, 0.6) is 5.75 Å². The van der Waals surface area contributed by atoms with Crippen LogP contribution < -0.4 is 9.46 Å². The van der Waals surface area contributed by atoms with Gasteiger partial charge in [0.1, 0.15) is 19.0 Å². The van der Waals surface area contributed by atoms with Crippen LogP contribution in [-0.2, 0) is 6.18 Å². The monoisotopic (exact) mass is 346 g/mol. The lowest BCUT2D eigenvalue weighted by molar-refractivity contribution is -0.137. The van der Waals surface area contributed by atoms with Gasteiger partial charge in [0.05, 0.1) is 5.56 Å². The zero-order chi connectivity index (χ0) is 16.9. The third-order valence-corrected chi connectivity index (χ3v) is 3.39. The molecule has 0 radical (unpaired) electrons. The Balaban J connectivity index is 2.54. The molecule has 124 valence electrons. The van der Waals surface area contributed by atoms with Gasteiger partial charge in [-0.05, 0) is 18.2 Å². The predicted molar refractivity (Wildman–Crippen MR) is 83.3 cm³/mol. The molecule has 0 fully saturated rings. The van der Waals surface area contributed by atoms with Crippen LogP contribution in [0.25, 0.3) is 11.1 Å². The predicted octanol–water partition coefficient (Wildman–Crippen LogP) is 4.81. The number of nitrogens with one attached hydrogen (secondary N) is 1. The Labute approximate surface area is 135 Å². The topological polar surface area (TPSA) is 34.2 Å². The number of hydrogen-bond donors (Lipinski definition) is 1. The first-order valence-electron chi connectivity index (χ1n) is 6.60. The Morgan fingerprint density at radius 1 is 1.22 bits per heavy atom. The van der Waals surface area contributed by atoms with Crippen molar-refractivity contribution in [2.45, 2.75) is 6.18 Å². The average Bonchev–Trinajstić information content (AvgIpc) is 2.52. The first-order chi connectivity index (χ1) is 11.0. The molecule has 0 spiro atoms. The lowest BCUT2D eigenvalue weighted by Gasteiger charge is -2.16. The lowest BCUT2D eigenvalue weighted by Crippen LogP contribution is -2.08. The summed E-state index contributed by atoms with van der Waals surface area (Å²) in [6.45, 7) is -0.976. The molecule has 8 heteroatoms. The van der Waals surface area contributed by atoms with Gasteiger partial charge in [-0.2, -0.15) is 13.2 Å². The molecule has 1 heterocycles. The Bertz CT molecular complexity index is 664. The average molecular weight is 346 g/mol. The van der Waals surface area contributed by atoms with E-state index >= 15 is 0 Å². The van der Waals surface area contributed by atoms with Gasteiger partial charge < -0.3 is 9.46 Å². The molecule has 0 atom stereocenters. The Kier molecular flexibility index (Phi) is 5.70. The molecule has 2 aromatic rings. The molecule has 0 bridgehead atoms. The number of rotatable bonds is 6. The van der Waals surface area contributed by atoms with Gasteiger partial charge in [-0.3, -0.25) is 4.98 Å². The van der Waals surface area contributed by atoms with E-state index in [1.165, 1.54) is 24.1 Å². The molecule has 1 aromatic carbocycles. The number of halogens is 4. The fraction of sp³-hybridized carbons (Fsp3) is 0.267. The number of anilines is 1. The van der Waals surface area contributed by atoms with Gasteiger partial charge in [0.2, 0.25) is 0 Å². The number of ether oxygens (including phenoxy) is 1. The van der Waals surface area contributed by atoms with Crippen LogP contribution in [0.15, 0.2) is 36.7 Å². The van der Waals surface area contributed by atoms with E-state index in [9.17, 15) is 17.6 Å². The second-order valence-corrected chi connectivity index (χ2v) is 5.09. The molecular weight excluding hydrogens is 332 g/mol. The Hall–Kier alpha value is -1.96. The highest BCUT2D eigenvalue weighted by atomic mass is 32.2. The number of benzene rings is 1. The Morgan fingerprint density at radius 2 is 2.00 bits per heavy atom. The summed E-state index contributed by atoms with van der Waals surface area (Å²) in [5.74, 6) is 0.167. The van der Waals surface area contributed by atoms with Crippen molar-refractivity contribution in [3.63, 3.8) is 0 Å². The van der Waals surface area contributed by atoms with Gasteiger partial charge in [-0.1, -0.05) is 11.9 Å². The SMILES string of the molecule is CSNc1ccc(-c2cnccc2C(F)(F)F)c(OCCF)c1. The molecule has 0 aliphatic heterocycles. The fourth-order valence-corrected chi connectivity index (χ4v) is 2.41. The van der Waals surface area contributed by atoms with Crippen molar-refractivity contribution in [2.24, 2.45) is 0 Å². The van der Waals surface area contributed by atoms with Crippen molar-refractivity contribution in [3.05, 3.63) is 42.2 Å². The molecule has 1 N–H and O–H groups in total. The smallest absolute Gasteiger partial charge is 0.417 e. The van der Waals surface area contributed by atoms with Crippen LogP contribution in [-0.4, -0.2) is 24.5 Å². The number of hydrogen-bond acceptors (Lipinski definition) is 4. The van der Waals surface area contributed by atoms with Crippen LogP contribution in [0.2, 0.25) is 0 Å². The fourth-order valence-electron chi connectivity index (χ4n) is 2.05. The highest BCUT2D eigenvalue weighted by Crippen LogP contribution is 2.40. The van der Waals surface area contributed by atoms with E-state index in [1.54, 1.807) is 12.3 Å². The molecule has 0 amide bonds. The van der Waals surface area contributed by atoms with Crippen molar-refractivity contribution < 1.29 is 22.3 Å². The second-order valence-electron chi connectivity index (χ2n) is 4.47. The van der Waals surface area contributed by atoms with E-state index in [0.717, 1.165) is 18.5 Å². The van der Waals surface area contributed by atoms with E-state index < -0.39 is 18.4 Å². The Morgan fingerprint density at radius 3 is 2.65 bits per heavy atom. The van der Waals surface area contributed by atoms with Crippen LogP contribution in [0.4, 0.5) is 23.2 Å². The highest BCUT2D eigenvalue weighted by molar-refractivity contribution is 7.99. The summed E-state index contributed by atoms with van der Waals surface area (Å²) in [5.41, 5.74) is -0.0641.